The second kappa shape index (κ2) is 5.83. The first kappa shape index (κ1) is 11.4. The number of likely N-dealkylation sites (tertiary alicyclic amines) is 1. The van der Waals surface area contributed by atoms with Crippen molar-refractivity contribution < 1.29 is 9.84 Å². The van der Waals surface area contributed by atoms with Crippen molar-refractivity contribution in [1.82, 2.24) is 4.90 Å². The zero-order chi connectivity index (χ0) is 10.5. The van der Waals surface area contributed by atoms with Gasteiger partial charge in [0.05, 0.1) is 12.7 Å². The standard InChI is InChI=1S/C12H23NO2/c14-10-11-4-1-7-13(11)8-2-5-12-6-3-9-15-12/h11-12,14H,1-10H2. The lowest BCUT2D eigenvalue weighted by molar-refractivity contribution is 0.0951. The van der Waals surface area contributed by atoms with Crippen molar-refractivity contribution >= 4 is 0 Å². The molecule has 2 saturated heterocycles. The average molecular weight is 213 g/mol. The first-order valence-corrected chi connectivity index (χ1v) is 6.36. The first-order chi connectivity index (χ1) is 7.40. The van der Waals surface area contributed by atoms with Crippen molar-refractivity contribution in [3.8, 4) is 0 Å². The van der Waals surface area contributed by atoms with Gasteiger partial charge < -0.3 is 9.84 Å². The monoisotopic (exact) mass is 213 g/mol. The van der Waals surface area contributed by atoms with E-state index < -0.39 is 0 Å². The van der Waals surface area contributed by atoms with Gasteiger partial charge >= 0.3 is 0 Å². The zero-order valence-corrected chi connectivity index (χ0v) is 9.53. The van der Waals surface area contributed by atoms with Crippen LogP contribution in [0.15, 0.2) is 0 Å². The van der Waals surface area contributed by atoms with Crippen molar-refractivity contribution in [2.75, 3.05) is 26.3 Å². The average Bonchev–Trinajstić information content (AvgIpc) is 2.88. The third kappa shape index (κ3) is 3.16. The number of aliphatic hydroxyl groups is 1. The zero-order valence-electron chi connectivity index (χ0n) is 9.53. The van der Waals surface area contributed by atoms with E-state index in [0.29, 0.717) is 18.8 Å². The lowest BCUT2D eigenvalue weighted by Crippen LogP contribution is -2.33. The van der Waals surface area contributed by atoms with Gasteiger partial charge in [0.25, 0.3) is 0 Å². The van der Waals surface area contributed by atoms with Crippen molar-refractivity contribution in [3.63, 3.8) is 0 Å². The fourth-order valence-corrected chi connectivity index (χ4v) is 2.79. The lowest BCUT2D eigenvalue weighted by Gasteiger charge is -2.23. The molecule has 2 aliphatic heterocycles. The summed E-state index contributed by atoms with van der Waals surface area (Å²) in [5, 5.41) is 9.18. The molecular weight excluding hydrogens is 190 g/mol. The molecule has 0 aromatic carbocycles. The summed E-state index contributed by atoms with van der Waals surface area (Å²) in [5.41, 5.74) is 0. The number of hydrogen-bond acceptors (Lipinski definition) is 3. The van der Waals surface area contributed by atoms with Crippen LogP contribution in [0.1, 0.15) is 38.5 Å². The number of ether oxygens (including phenoxy) is 1. The molecule has 0 spiro atoms. The molecule has 0 aromatic rings. The maximum Gasteiger partial charge on any atom is 0.0586 e. The van der Waals surface area contributed by atoms with Gasteiger partial charge in [-0.15, -0.1) is 0 Å². The first-order valence-electron chi connectivity index (χ1n) is 6.36. The molecule has 0 saturated carbocycles. The topological polar surface area (TPSA) is 32.7 Å². The van der Waals surface area contributed by atoms with Crippen LogP contribution in [0.25, 0.3) is 0 Å². The van der Waals surface area contributed by atoms with Crippen LogP contribution in [-0.2, 0) is 4.74 Å². The Bertz CT molecular complexity index is 180. The van der Waals surface area contributed by atoms with Crippen molar-refractivity contribution in [1.29, 1.82) is 0 Å². The van der Waals surface area contributed by atoms with Gasteiger partial charge in [0.1, 0.15) is 0 Å². The molecular formula is C12H23NO2. The highest BCUT2D eigenvalue weighted by atomic mass is 16.5. The van der Waals surface area contributed by atoms with Gasteiger partial charge in [-0.05, 0) is 51.6 Å². The predicted octanol–water partition coefficient (Wildman–Crippen LogP) is 1.40. The van der Waals surface area contributed by atoms with Gasteiger partial charge in [-0.1, -0.05) is 0 Å². The van der Waals surface area contributed by atoms with E-state index in [1.54, 1.807) is 0 Å². The number of hydrogen-bond donors (Lipinski definition) is 1. The minimum absolute atomic E-state index is 0.333. The highest BCUT2D eigenvalue weighted by Gasteiger charge is 2.23. The van der Waals surface area contributed by atoms with Crippen LogP contribution in [-0.4, -0.2) is 48.5 Å². The van der Waals surface area contributed by atoms with E-state index >= 15 is 0 Å². The molecule has 0 aromatic heterocycles. The van der Waals surface area contributed by atoms with E-state index in [4.69, 9.17) is 4.74 Å². The fraction of sp³-hybridized carbons (Fsp3) is 1.00. The summed E-state index contributed by atoms with van der Waals surface area (Å²) in [6.07, 6.45) is 7.88. The van der Waals surface area contributed by atoms with Crippen LogP contribution >= 0.6 is 0 Å². The van der Waals surface area contributed by atoms with Crippen LogP contribution in [0.3, 0.4) is 0 Å². The minimum Gasteiger partial charge on any atom is -0.395 e. The summed E-state index contributed by atoms with van der Waals surface area (Å²) < 4.78 is 5.60. The van der Waals surface area contributed by atoms with Gasteiger partial charge in [0, 0.05) is 12.6 Å². The van der Waals surface area contributed by atoms with E-state index in [1.807, 2.05) is 0 Å². The summed E-state index contributed by atoms with van der Waals surface area (Å²) in [6, 6.07) is 0.439. The Morgan fingerprint density at radius 3 is 2.93 bits per heavy atom. The highest BCUT2D eigenvalue weighted by Crippen LogP contribution is 2.20. The molecule has 1 N–H and O–H groups in total. The maximum absolute atomic E-state index is 9.18. The molecule has 0 amide bonds. The molecule has 3 heteroatoms. The van der Waals surface area contributed by atoms with E-state index in [0.717, 1.165) is 13.2 Å². The molecule has 0 aliphatic carbocycles. The SMILES string of the molecule is OCC1CCCN1CCCC1CCCO1. The molecule has 3 nitrogen and oxygen atoms in total. The molecule has 2 atom stereocenters. The van der Waals surface area contributed by atoms with Crippen molar-refractivity contribution in [2.45, 2.75) is 50.7 Å². The van der Waals surface area contributed by atoms with E-state index in [-0.39, 0.29) is 0 Å². The van der Waals surface area contributed by atoms with Crippen LogP contribution in [0, 0.1) is 0 Å². The van der Waals surface area contributed by atoms with Gasteiger partial charge in [0.2, 0.25) is 0 Å². The third-order valence-corrected chi connectivity index (χ3v) is 3.71. The predicted molar refractivity (Wildman–Crippen MR) is 59.9 cm³/mol. The Hall–Kier alpha value is -0.120. The molecule has 2 rings (SSSR count). The van der Waals surface area contributed by atoms with Gasteiger partial charge in [-0.3, -0.25) is 4.90 Å². The molecule has 0 radical (unpaired) electrons. The van der Waals surface area contributed by atoms with Crippen LogP contribution in [0.4, 0.5) is 0 Å². The van der Waals surface area contributed by atoms with Crippen LogP contribution < -0.4 is 0 Å². The Morgan fingerprint density at radius 2 is 2.20 bits per heavy atom. The third-order valence-electron chi connectivity index (χ3n) is 3.71. The molecule has 88 valence electrons. The van der Waals surface area contributed by atoms with Crippen LogP contribution in [0.2, 0.25) is 0 Å². The normalized spacial score (nSPS) is 32.6. The smallest absolute Gasteiger partial charge is 0.0586 e. The summed E-state index contributed by atoms with van der Waals surface area (Å²) in [4.78, 5) is 2.44. The molecule has 2 aliphatic rings. The van der Waals surface area contributed by atoms with E-state index in [1.165, 1.54) is 45.1 Å². The molecule has 2 unspecified atom stereocenters. The summed E-state index contributed by atoms with van der Waals surface area (Å²) >= 11 is 0. The number of aliphatic hydroxyl groups excluding tert-OH is 1. The van der Waals surface area contributed by atoms with Gasteiger partial charge in [0.15, 0.2) is 0 Å². The lowest BCUT2D eigenvalue weighted by atomic mass is 10.1. The van der Waals surface area contributed by atoms with Crippen molar-refractivity contribution in [2.24, 2.45) is 0 Å². The van der Waals surface area contributed by atoms with E-state index in [9.17, 15) is 5.11 Å². The summed E-state index contributed by atoms with van der Waals surface area (Å²) in [5.74, 6) is 0. The van der Waals surface area contributed by atoms with Crippen LogP contribution in [0.5, 0.6) is 0 Å². The molecule has 2 heterocycles. The van der Waals surface area contributed by atoms with Gasteiger partial charge in [-0.25, -0.2) is 0 Å². The highest BCUT2D eigenvalue weighted by molar-refractivity contribution is 4.78. The number of nitrogens with zero attached hydrogens (tertiary/aromatic N) is 1. The summed E-state index contributed by atoms with van der Waals surface area (Å²) in [6.45, 7) is 3.62. The Labute approximate surface area is 92.4 Å². The number of rotatable bonds is 5. The Balaban J connectivity index is 1.60. The minimum atomic E-state index is 0.333. The quantitative estimate of drug-likeness (QED) is 0.749. The fourth-order valence-electron chi connectivity index (χ4n) is 2.79. The second-order valence-corrected chi connectivity index (χ2v) is 4.79. The summed E-state index contributed by atoms with van der Waals surface area (Å²) in [7, 11) is 0. The molecule has 15 heavy (non-hydrogen) atoms. The Morgan fingerprint density at radius 1 is 1.27 bits per heavy atom. The molecule has 2 fully saturated rings. The largest absolute Gasteiger partial charge is 0.395 e. The second-order valence-electron chi connectivity index (χ2n) is 4.79. The molecule has 0 bridgehead atoms. The maximum atomic E-state index is 9.18. The van der Waals surface area contributed by atoms with Crippen molar-refractivity contribution in [3.05, 3.63) is 0 Å². The van der Waals surface area contributed by atoms with E-state index in [2.05, 4.69) is 4.90 Å². The Kier molecular flexibility index (Phi) is 4.42. The van der Waals surface area contributed by atoms with Gasteiger partial charge in [-0.2, -0.15) is 0 Å².